The van der Waals surface area contributed by atoms with Crippen molar-refractivity contribution in [2.75, 3.05) is 11.9 Å². The lowest BCUT2D eigenvalue weighted by Gasteiger charge is -2.16. The van der Waals surface area contributed by atoms with Gasteiger partial charge in [-0.1, -0.05) is 36.4 Å². The smallest absolute Gasteiger partial charge is 0.233 e. The maximum Gasteiger partial charge on any atom is 0.233 e. The lowest BCUT2D eigenvalue weighted by Crippen LogP contribution is -2.27. The molecule has 0 saturated carbocycles. The number of aromatic nitrogens is 1. The summed E-state index contributed by atoms with van der Waals surface area (Å²) in [5.74, 6) is -0.673. The Labute approximate surface area is 145 Å². The van der Waals surface area contributed by atoms with Crippen LogP contribution in [0, 0.1) is 0 Å². The van der Waals surface area contributed by atoms with Gasteiger partial charge in [-0.15, -0.1) is 0 Å². The van der Waals surface area contributed by atoms with Gasteiger partial charge < -0.3 is 16.8 Å². The van der Waals surface area contributed by atoms with Crippen molar-refractivity contribution in [1.29, 1.82) is 0 Å². The molecule has 0 aliphatic rings. The summed E-state index contributed by atoms with van der Waals surface area (Å²) < 4.78 is 0. The minimum Gasteiger partial charge on any atom is -0.370 e. The van der Waals surface area contributed by atoms with Crippen molar-refractivity contribution in [2.45, 2.75) is 5.92 Å². The van der Waals surface area contributed by atoms with Crippen LogP contribution in [0.3, 0.4) is 0 Å². The second-order valence-electron chi connectivity index (χ2n) is 5.66. The largest absolute Gasteiger partial charge is 0.370 e. The molecule has 0 bridgehead atoms. The molecule has 0 spiro atoms. The van der Waals surface area contributed by atoms with Crippen molar-refractivity contribution in [3.63, 3.8) is 0 Å². The molecule has 0 aliphatic heterocycles. The van der Waals surface area contributed by atoms with Crippen LogP contribution in [0.15, 0.2) is 72.0 Å². The monoisotopic (exact) mass is 333 g/mol. The molecule has 1 heterocycles. The van der Waals surface area contributed by atoms with E-state index in [0.717, 1.165) is 16.3 Å². The zero-order valence-electron chi connectivity index (χ0n) is 13.6. The highest BCUT2D eigenvalue weighted by molar-refractivity contribution is 5.98. The maximum absolute atomic E-state index is 12.8. The van der Waals surface area contributed by atoms with Crippen molar-refractivity contribution in [3.8, 4) is 0 Å². The number of benzene rings is 2. The van der Waals surface area contributed by atoms with Crippen molar-refractivity contribution >= 4 is 28.3 Å². The first-order chi connectivity index (χ1) is 12.1. The molecule has 0 radical (unpaired) electrons. The van der Waals surface area contributed by atoms with Crippen LogP contribution in [-0.4, -0.2) is 23.4 Å². The molecule has 1 atom stereocenters. The maximum atomic E-state index is 12.8. The highest BCUT2D eigenvalue weighted by Crippen LogP contribution is 2.22. The van der Waals surface area contributed by atoms with E-state index in [0.29, 0.717) is 5.69 Å². The number of pyridine rings is 1. The summed E-state index contributed by atoms with van der Waals surface area (Å²) in [4.78, 5) is 20.9. The number of fused-ring (bicyclic) bond motifs is 1. The fraction of sp³-hybridized carbons (Fsp3) is 0.105. The average molecular weight is 333 g/mol. The number of hydrogen-bond donors (Lipinski definition) is 3. The van der Waals surface area contributed by atoms with Crippen molar-refractivity contribution in [1.82, 2.24) is 4.98 Å². The molecule has 25 heavy (non-hydrogen) atoms. The molecule has 1 unspecified atom stereocenters. The van der Waals surface area contributed by atoms with Gasteiger partial charge in [0.1, 0.15) is 0 Å². The third kappa shape index (κ3) is 4.11. The average Bonchev–Trinajstić information content (AvgIpc) is 2.62. The molecule has 3 rings (SSSR count). The summed E-state index contributed by atoms with van der Waals surface area (Å²) in [6, 6.07) is 17.0. The number of rotatable bonds is 5. The van der Waals surface area contributed by atoms with Gasteiger partial charge in [0.05, 0.1) is 12.5 Å². The van der Waals surface area contributed by atoms with E-state index in [4.69, 9.17) is 11.5 Å². The minimum absolute atomic E-state index is 0.0352. The number of nitrogens with one attached hydrogen (secondary N) is 1. The standard InChI is InChI=1S/C19H19N5O/c20-19(21)23-12-17(13-4-2-1-3-5-13)18(25)24-16-7-6-15-11-22-9-8-14(15)10-16/h1-11,17H,12H2,(H,24,25)(H4,20,21,23). The topological polar surface area (TPSA) is 106 Å². The van der Waals surface area contributed by atoms with Crippen LogP contribution in [0.4, 0.5) is 5.69 Å². The number of guanidine groups is 1. The van der Waals surface area contributed by atoms with Gasteiger partial charge >= 0.3 is 0 Å². The number of nitrogens with two attached hydrogens (primary N) is 2. The number of aliphatic imine (C=N–C) groups is 1. The number of anilines is 1. The highest BCUT2D eigenvalue weighted by atomic mass is 16.1. The Hall–Kier alpha value is -3.41. The third-order valence-electron chi connectivity index (χ3n) is 3.88. The van der Waals surface area contributed by atoms with E-state index in [1.165, 1.54) is 0 Å². The number of hydrogen-bond acceptors (Lipinski definition) is 3. The van der Waals surface area contributed by atoms with Crippen LogP contribution in [0.25, 0.3) is 10.8 Å². The fourth-order valence-corrected chi connectivity index (χ4v) is 2.61. The van der Waals surface area contributed by atoms with E-state index in [9.17, 15) is 4.79 Å². The van der Waals surface area contributed by atoms with Crippen molar-refractivity contribution < 1.29 is 4.79 Å². The highest BCUT2D eigenvalue weighted by Gasteiger charge is 2.20. The molecule has 5 N–H and O–H groups in total. The Kier molecular flexibility index (Phi) is 4.89. The van der Waals surface area contributed by atoms with Crippen molar-refractivity contribution in [3.05, 3.63) is 72.6 Å². The summed E-state index contributed by atoms with van der Waals surface area (Å²) >= 11 is 0. The summed E-state index contributed by atoms with van der Waals surface area (Å²) in [7, 11) is 0. The van der Waals surface area contributed by atoms with E-state index in [-0.39, 0.29) is 18.4 Å². The summed E-state index contributed by atoms with van der Waals surface area (Å²) in [5, 5.41) is 4.97. The number of amides is 1. The third-order valence-corrected chi connectivity index (χ3v) is 3.88. The second kappa shape index (κ2) is 7.44. The quantitative estimate of drug-likeness (QED) is 0.491. The van der Waals surface area contributed by atoms with Crippen LogP contribution < -0.4 is 16.8 Å². The van der Waals surface area contributed by atoms with Crippen LogP contribution in [0.5, 0.6) is 0 Å². The van der Waals surface area contributed by atoms with Gasteiger partial charge in [-0.25, -0.2) is 0 Å². The fourth-order valence-electron chi connectivity index (χ4n) is 2.61. The van der Waals surface area contributed by atoms with E-state index in [2.05, 4.69) is 15.3 Å². The summed E-state index contributed by atoms with van der Waals surface area (Å²) in [5.41, 5.74) is 12.4. The number of carbonyl (C=O) groups is 1. The predicted molar refractivity (Wildman–Crippen MR) is 100 cm³/mol. The first-order valence-corrected chi connectivity index (χ1v) is 7.88. The van der Waals surface area contributed by atoms with E-state index >= 15 is 0 Å². The molecule has 126 valence electrons. The van der Waals surface area contributed by atoms with Crippen LogP contribution >= 0.6 is 0 Å². The zero-order chi connectivity index (χ0) is 17.6. The first kappa shape index (κ1) is 16.4. The molecule has 6 nitrogen and oxygen atoms in total. The molecule has 0 saturated heterocycles. The SMILES string of the molecule is NC(N)=NCC(C(=O)Nc1ccc2cnccc2c1)c1ccccc1. The molecule has 0 aliphatic carbocycles. The van der Waals surface area contributed by atoms with E-state index in [1.54, 1.807) is 12.4 Å². The van der Waals surface area contributed by atoms with E-state index < -0.39 is 5.92 Å². The normalized spacial score (nSPS) is 11.7. The Balaban J connectivity index is 1.84. The Bertz CT molecular complexity index is 904. The van der Waals surface area contributed by atoms with Gasteiger partial charge in [0.2, 0.25) is 5.91 Å². The van der Waals surface area contributed by atoms with Gasteiger partial charge in [0.25, 0.3) is 0 Å². The van der Waals surface area contributed by atoms with Crippen LogP contribution in [0.1, 0.15) is 11.5 Å². The minimum atomic E-state index is -0.476. The van der Waals surface area contributed by atoms with Crippen LogP contribution in [0.2, 0.25) is 0 Å². The van der Waals surface area contributed by atoms with Crippen LogP contribution in [-0.2, 0) is 4.79 Å². The van der Waals surface area contributed by atoms with Gasteiger partial charge in [0, 0.05) is 23.5 Å². The Morgan fingerprint density at radius 2 is 1.88 bits per heavy atom. The molecule has 1 aromatic heterocycles. The molecule has 0 fully saturated rings. The zero-order valence-corrected chi connectivity index (χ0v) is 13.6. The molecule has 6 heteroatoms. The first-order valence-electron chi connectivity index (χ1n) is 7.88. The lowest BCUT2D eigenvalue weighted by atomic mass is 9.98. The van der Waals surface area contributed by atoms with Gasteiger partial charge in [-0.3, -0.25) is 14.8 Å². The van der Waals surface area contributed by atoms with Gasteiger partial charge in [-0.05, 0) is 29.1 Å². The summed E-state index contributed by atoms with van der Waals surface area (Å²) in [6.45, 7) is 0.190. The summed E-state index contributed by atoms with van der Waals surface area (Å²) in [6.07, 6.45) is 3.51. The lowest BCUT2D eigenvalue weighted by molar-refractivity contribution is -0.117. The van der Waals surface area contributed by atoms with Crippen molar-refractivity contribution in [2.24, 2.45) is 16.5 Å². The van der Waals surface area contributed by atoms with Gasteiger partial charge in [0.15, 0.2) is 5.96 Å². The molecule has 1 amide bonds. The Morgan fingerprint density at radius 1 is 1.08 bits per heavy atom. The number of carbonyl (C=O) groups excluding carboxylic acids is 1. The molecular formula is C19H19N5O. The van der Waals surface area contributed by atoms with E-state index in [1.807, 2.05) is 54.6 Å². The molecular weight excluding hydrogens is 314 g/mol. The molecule has 2 aromatic carbocycles. The predicted octanol–water partition coefficient (Wildman–Crippen LogP) is 2.23. The van der Waals surface area contributed by atoms with Gasteiger partial charge in [-0.2, -0.15) is 0 Å². The Morgan fingerprint density at radius 3 is 2.64 bits per heavy atom. The molecule has 3 aromatic rings. The second-order valence-corrected chi connectivity index (χ2v) is 5.66. The number of nitrogens with zero attached hydrogens (tertiary/aromatic N) is 2.